The Bertz CT molecular complexity index is 828. The molecule has 134 valence electrons. The highest BCUT2D eigenvalue weighted by atomic mass is 32.1. The first-order chi connectivity index (χ1) is 12.6. The van der Waals surface area contributed by atoms with E-state index in [1.807, 2.05) is 47.8 Å². The van der Waals surface area contributed by atoms with Crippen LogP contribution >= 0.6 is 11.3 Å². The molecule has 1 aliphatic carbocycles. The number of rotatable bonds is 5. The summed E-state index contributed by atoms with van der Waals surface area (Å²) in [5.74, 6) is 0.0413. The van der Waals surface area contributed by atoms with Gasteiger partial charge in [-0.05, 0) is 29.9 Å². The van der Waals surface area contributed by atoms with E-state index in [0.717, 1.165) is 29.0 Å². The zero-order chi connectivity index (χ0) is 18.1. The second kappa shape index (κ2) is 7.03. The van der Waals surface area contributed by atoms with Crippen LogP contribution in [0, 0.1) is 5.92 Å². The Hall–Kier alpha value is -2.47. The van der Waals surface area contributed by atoms with Crippen LogP contribution < -0.4 is 0 Å². The zero-order valence-corrected chi connectivity index (χ0v) is 15.5. The first-order valence-corrected chi connectivity index (χ1v) is 9.75. The largest absolute Gasteiger partial charge is 0.336 e. The smallest absolute Gasteiger partial charge is 0.262 e. The summed E-state index contributed by atoms with van der Waals surface area (Å²) < 4.78 is 0. The van der Waals surface area contributed by atoms with E-state index >= 15 is 0 Å². The van der Waals surface area contributed by atoms with Crippen molar-refractivity contribution >= 4 is 28.9 Å². The topological polar surface area (TPSA) is 53.0 Å². The van der Waals surface area contributed by atoms with Crippen LogP contribution in [-0.2, 0) is 9.59 Å². The van der Waals surface area contributed by atoms with Crippen molar-refractivity contribution in [1.29, 1.82) is 0 Å². The van der Waals surface area contributed by atoms with Gasteiger partial charge in [0.15, 0.2) is 0 Å². The molecule has 2 aromatic rings. The number of benzene rings is 1. The van der Waals surface area contributed by atoms with Crippen molar-refractivity contribution in [3.05, 3.63) is 58.3 Å². The van der Waals surface area contributed by atoms with Gasteiger partial charge < -0.3 is 4.90 Å². The van der Waals surface area contributed by atoms with Crippen molar-refractivity contribution < 1.29 is 9.59 Å². The Morgan fingerprint density at radius 3 is 2.62 bits per heavy atom. The summed E-state index contributed by atoms with van der Waals surface area (Å²) in [7, 11) is 1.70. The summed E-state index contributed by atoms with van der Waals surface area (Å²) in [5.41, 5.74) is 1.99. The normalized spacial score (nSPS) is 19.3. The lowest BCUT2D eigenvalue weighted by atomic mass is 10.0. The van der Waals surface area contributed by atoms with Gasteiger partial charge in [0.2, 0.25) is 5.91 Å². The lowest BCUT2D eigenvalue weighted by molar-refractivity contribution is -0.141. The predicted molar refractivity (Wildman–Crippen MR) is 102 cm³/mol. The van der Waals surface area contributed by atoms with Gasteiger partial charge in [0.1, 0.15) is 6.54 Å². The number of nitrogens with zero attached hydrogens (tertiary/aromatic N) is 3. The number of carbonyl (C=O) groups excluding carboxylic acids is 2. The van der Waals surface area contributed by atoms with Crippen molar-refractivity contribution in [2.75, 3.05) is 13.6 Å². The van der Waals surface area contributed by atoms with Gasteiger partial charge in [0.05, 0.1) is 16.6 Å². The van der Waals surface area contributed by atoms with E-state index in [4.69, 9.17) is 0 Å². The molecule has 0 radical (unpaired) electrons. The minimum Gasteiger partial charge on any atom is -0.336 e. The molecule has 2 heterocycles. The van der Waals surface area contributed by atoms with Crippen LogP contribution in [0.25, 0.3) is 0 Å². The molecule has 0 bridgehead atoms. The Kier molecular flexibility index (Phi) is 4.59. The van der Waals surface area contributed by atoms with Crippen LogP contribution in [0.4, 0.5) is 0 Å². The number of hydrazone groups is 1. The maximum atomic E-state index is 12.9. The molecule has 6 heteroatoms. The van der Waals surface area contributed by atoms with E-state index in [1.54, 1.807) is 28.3 Å². The average Bonchev–Trinajstić information content (AvgIpc) is 3.18. The lowest BCUT2D eigenvalue weighted by Gasteiger charge is -2.25. The molecule has 2 aliphatic rings. The monoisotopic (exact) mass is 367 g/mol. The fraction of sp³-hybridized carbons (Fsp3) is 0.350. The van der Waals surface area contributed by atoms with Gasteiger partial charge in [0.25, 0.3) is 5.91 Å². The Morgan fingerprint density at radius 1 is 1.19 bits per heavy atom. The molecule has 1 aliphatic heterocycles. The van der Waals surface area contributed by atoms with Crippen molar-refractivity contribution in [1.82, 2.24) is 9.91 Å². The minimum atomic E-state index is -0.137. The number of hydrogen-bond acceptors (Lipinski definition) is 4. The van der Waals surface area contributed by atoms with Gasteiger partial charge in [-0.1, -0.05) is 36.4 Å². The van der Waals surface area contributed by atoms with Gasteiger partial charge in [-0.2, -0.15) is 5.10 Å². The molecule has 0 saturated heterocycles. The van der Waals surface area contributed by atoms with E-state index in [-0.39, 0.29) is 30.3 Å². The predicted octanol–water partition coefficient (Wildman–Crippen LogP) is 3.29. The standard InChI is InChI=1S/C20H21N3O2S/c1-22(20(25)15-9-10-15)13-19(24)23-17(14-6-3-2-4-7-14)12-16(21-23)18-8-5-11-26-18/h2-8,11,15,17H,9-10,12-13H2,1H3/t17-/m1/s1. The molecule has 5 nitrogen and oxygen atoms in total. The van der Waals surface area contributed by atoms with E-state index < -0.39 is 0 Å². The van der Waals surface area contributed by atoms with Crippen molar-refractivity contribution in [3.63, 3.8) is 0 Å². The SMILES string of the molecule is CN(CC(=O)N1N=C(c2cccs2)C[C@@H]1c1ccccc1)C(=O)C1CC1. The maximum absolute atomic E-state index is 12.9. The van der Waals surface area contributed by atoms with Gasteiger partial charge >= 0.3 is 0 Å². The zero-order valence-electron chi connectivity index (χ0n) is 14.7. The molecule has 1 aromatic carbocycles. The number of thiophene rings is 1. The molecular formula is C20H21N3O2S. The first-order valence-electron chi connectivity index (χ1n) is 8.87. The molecule has 2 amide bonds. The second-order valence-corrected chi connectivity index (χ2v) is 7.81. The van der Waals surface area contributed by atoms with Crippen LogP contribution in [0.2, 0.25) is 0 Å². The molecular weight excluding hydrogens is 346 g/mol. The van der Waals surface area contributed by atoms with Crippen LogP contribution in [0.5, 0.6) is 0 Å². The number of hydrogen-bond donors (Lipinski definition) is 0. The lowest BCUT2D eigenvalue weighted by Crippen LogP contribution is -2.39. The van der Waals surface area contributed by atoms with Crippen LogP contribution in [0.1, 0.15) is 35.7 Å². The highest BCUT2D eigenvalue weighted by Gasteiger charge is 2.36. The van der Waals surface area contributed by atoms with Gasteiger partial charge in [-0.15, -0.1) is 11.3 Å². The van der Waals surface area contributed by atoms with Crippen molar-refractivity contribution in [2.45, 2.75) is 25.3 Å². The molecule has 1 aromatic heterocycles. The summed E-state index contributed by atoms with van der Waals surface area (Å²) in [6.45, 7) is 0.0693. The van der Waals surface area contributed by atoms with E-state index in [1.165, 1.54) is 0 Å². The number of carbonyl (C=O) groups is 2. The van der Waals surface area contributed by atoms with E-state index in [2.05, 4.69) is 5.10 Å². The number of amides is 2. The van der Waals surface area contributed by atoms with E-state index in [9.17, 15) is 9.59 Å². The molecule has 26 heavy (non-hydrogen) atoms. The summed E-state index contributed by atoms with van der Waals surface area (Å²) in [6, 6.07) is 13.9. The van der Waals surface area contributed by atoms with Crippen LogP contribution in [0.15, 0.2) is 52.9 Å². The molecule has 0 unspecified atom stereocenters. The summed E-state index contributed by atoms with van der Waals surface area (Å²) in [4.78, 5) is 27.7. The second-order valence-electron chi connectivity index (χ2n) is 6.86. The number of likely N-dealkylation sites (N-methyl/N-ethyl adjacent to an activating group) is 1. The minimum absolute atomic E-state index is 0.0660. The fourth-order valence-electron chi connectivity index (χ4n) is 3.26. The highest BCUT2D eigenvalue weighted by Crippen LogP contribution is 2.34. The quantitative estimate of drug-likeness (QED) is 0.814. The van der Waals surface area contributed by atoms with Crippen LogP contribution in [0.3, 0.4) is 0 Å². The summed E-state index contributed by atoms with van der Waals surface area (Å²) in [5, 5.41) is 8.22. The van der Waals surface area contributed by atoms with Crippen LogP contribution in [-0.4, -0.2) is 41.0 Å². The van der Waals surface area contributed by atoms with Gasteiger partial charge in [-0.3, -0.25) is 9.59 Å². The molecule has 1 saturated carbocycles. The van der Waals surface area contributed by atoms with Gasteiger partial charge in [0, 0.05) is 19.4 Å². The molecule has 1 fully saturated rings. The summed E-state index contributed by atoms with van der Waals surface area (Å²) in [6.07, 6.45) is 2.57. The molecule has 4 rings (SSSR count). The van der Waals surface area contributed by atoms with Crippen molar-refractivity contribution in [3.8, 4) is 0 Å². The third-order valence-electron chi connectivity index (χ3n) is 4.83. The summed E-state index contributed by atoms with van der Waals surface area (Å²) >= 11 is 1.63. The Morgan fingerprint density at radius 2 is 1.96 bits per heavy atom. The Labute approximate surface area is 156 Å². The average molecular weight is 367 g/mol. The Balaban J connectivity index is 1.56. The van der Waals surface area contributed by atoms with E-state index in [0.29, 0.717) is 6.42 Å². The molecule has 1 atom stereocenters. The maximum Gasteiger partial charge on any atom is 0.262 e. The fourth-order valence-corrected chi connectivity index (χ4v) is 3.98. The molecule has 0 spiro atoms. The molecule has 0 N–H and O–H groups in total. The third kappa shape index (κ3) is 3.42. The third-order valence-corrected chi connectivity index (χ3v) is 5.75. The first kappa shape index (κ1) is 17.0. The van der Waals surface area contributed by atoms with Gasteiger partial charge in [-0.25, -0.2) is 5.01 Å². The van der Waals surface area contributed by atoms with Crippen molar-refractivity contribution in [2.24, 2.45) is 11.0 Å². The highest BCUT2D eigenvalue weighted by molar-refractivity contribution is 7.12.